The molecule has 0 aliphatic carbocycles. The molecule has 0 saturated heterocycles. The van der Waals surface area contributed by atoms with Crippen molar-refractivity contribution in [1.82, 2.24) is 0 Å². The molecule has 136 valence electrons. The predicted octanol–water partition coefficient (Wildman–Crippen LogP) is 6.34. The first-order chi connectivity index (χ1) is 13.0. The monoisotopic (exact) mass is 354 g/mol. The number of hydrogen-bond donors (Lipinski definition) is 0. The van der Waals surface area contributed by atoms with Crippen molar-refractivity contribution in [3.8, 4) is 0 Å². The van der Waals surface area contributed by atoms with Gasteiger partial charge >= 0.3 is 0 Å². The Hall–Kier alpha value is -2.87. The summed E-state index contributed by atoms with van der Waals surface area (Å²) in [5.74, 6) is 0. The Morgan fingerprint density at radius 2 is 1.37 bits per heavy atom. The third-order valence-corrected chi connectivity index (χ3v) is 5.20. The summed E-state index contributed by atoms with van der Waals surface area (Å²) in [5, 5.41) is 7.21. The molecule has 3 aromatic rings. The Morgan fingerprint density at radius 3 is 1.96 bits per heavy atom. The van der Waals surface area contributed by atoms with E-state index in [0.717, 1.165) is 17.8 Å². The topological polar surface area (TPSA) is 15.6 Å². The standard InChI is InChI=1S/C25H26N2/c1-25(2,3)21-14-16-22(17-15-21)27-24(20-12-8-5-9-13-20)18-23(26-27)19-10-6-4-7-11-19/h4-17,24H,18H2,1-3H3. The Morgan fingerprint density at radius 1 is 0.778 bits per heavy atom. The van der Waals surface area contributed by atoms with Crippen LogP contribution in [0.2, 0.25) is 0 Å². The van der Waals surface area contributed by atoms with Crippen LogP contribution < -0.4 is 5.01 Å². The van der Waals surface area contributed by atoms with Gasteiger partial charge in [0.15, 0.2) is 0 Å². The maximum Gasteiger partial charge on any atom is 0.0831 e. The van der Waals surface area contributed by atoms with Crippen molar-refractivity contribution in [3.63, 3.8) is 0 Å². The number of rotatable bonds is 3. The molecule has 0 radical (unpaired) electrons. The summed E-state index contributed by atoms with van der Waals surface area (Å²) in [6.07, 6.45) is 0.912. The second kappa shape index (κ2) is 7.03. The van der Waals surface area contributed by atoms with Crippen molar-refractivity contribution in [2.75, 3.05) is 5.01 Å². The Balaban J connectivity index is 1.72. The number of nitrogens with zero attached hydrogens (tertiary/aromatic N) is 2. The summed E-state index contributed by atoms with van der Waals surface area (Å²) in [7, 11) is 0. The molecule has 1 aliphatic heterocycles. The minimum atomic E-state index is 0.154. The zero-order valence-corrected chi connectivity index (χ0v) is 16.3. The van der Waals surface area contributed by atoms with Crippen LogP contribution >= 0.6 is 0 Å². The average Bonchev–Trinajstić information content (AvgIpc) is 3.14. The molecule has 0 saturated carbocycles. The molecule has 0 fully saturated rings. The van der Waals surface area contributed by atoms with Crippen molar-refractivity contribution >= 4 is 11.4 Å². The molecule has 2 nitrogen and oxygen atoms in total. The molecule has 0 spiro atoms. The molecule has 4 rings (SSSR count). The van der Waals surface area contributed by atoms with E-state index in [2.05, 4.69) is 111 Å². The summed E-state index contributed by atoms with van der Waals surface area (Å²) < 4.78 is 0. The Bertz CT molecular complexity index is 920. The lowest BCUT2D eigenvalue weighted by Gasteiger charge is -2.25. The maximum absolute atomic E-state index is 5.03. The van der Waals surface area contributed by atoms with Gasteiger partial charge in [-0.25, -0.2) is 0 Å². The van der Waals surface area contributed by atoms with E-state index in [1.807, 2.05) is 0 Å². The van der Waals surface area contributed by atoms with E-state index >= 15 is 0 Å². The molecule has 0 amide bonds. The van der Waals surface area contributed by atoms with Crippen LogP contribution in [0.25, 0.3) is 0 Å². The van der Waals surface area contributed by atoms with E-state index in [4.69, 9.17) is 5.10 Å². The van der Waals surface area contributed by atoms with E-state index in [0.29, 0.717) is 0 Å². The molecule has 0 N–H and O–H groups in total. The number of anilines is 1. The van der Waals surface area contributed by atoms with Crippen LogP contribution in [0, 0.1) is 0 Å². The van der Waals surface area contributed by atoms with Crippen LogP contribution in [0.5, 0.6) is 0 Å². The molecule has 1 aliphatic rings. The lowest BCUT2D eigenvalue weighted by atomic mass is 9.87. The van der Waals surface area contributed by atoms with Crippen molar-refractivity contribution in [2.24, 2.45) is 5.10 Å². The second-order valence-electron chi connectivity index (χ2n) is 8.18. The zero-order valence-electron chi connectivity index (χ0n) is 16.3. The van der Waals surface area contributed by atoms with Crippen molar-refractivity contribution < 1.29 is 0 Å². The molecular weight excluding hydrogens is 328 g/mol. The predicted molar refractivity (Wildman–Crippen MR) is 114 cm³/mol. The van der Waals surface area contributed by atoms with Gasteiger partial charge in [0.05, 0.1) is 17.4 Å². The van der Waals surface area contributed by atoms with Crippen molar-refractivity contribution in [3.05, 3.63) is 102 Å². The first-order valence-corrected chi connectivity index (χ1v) is 9.60. The van der Waals surface area contributed by atoms with Crippen LogP contribution in [0.3, 0.4) is 0 Å². The van der Waals surface area contributed by atoms with Gasteiger partial charge in [0.2, 0.25) is 0 Å². The largest absolute Gasteiger partial charge is 0.257 e. The van der Waals surface area contributed by atoms with Crippen molar-refractivity contribution in [1.29, 1.82) is 0 Å². The van der Waals surface area contributed by atoms with Crippen LogP contribution in [0.4, 0.5) is 5.69 Å². The highest BCUT2D eigenvalue weighted by molar-refractivity contribution is 6.03. The fourth-order valence-corrected chi connectivity index (χ4v) is 3.60. The van der Waals surface area contributed by atoms with E-state index in [1.165, 1.54) is 16.7 Å². The van der Waals surface area contributed by atoms with Gasteiger partial charge in [-0.1, -0.05) is 93.6 Å². The molecule has 1 unspecified atom stereocenters. The van der Waals surface area contributed by atoms with Crippen LogP contribution in [-0.2, 0) is 5.41 Å². The molecule has 1 heterocycles. The maximum atomic E-state index is 5.03. The van der Waals surface area contributed by atoms with Gasteiger partial charge in [-0.05, 0) is 34.2 Å². The summed E-state index contributed by atoms with van der Waals surface area (Å²) in [6, 6.07) is 30.3. The highest BCUT2D eigenvalue weighted by atomic mass is 15.5. The van der Waals surface area contributed by atoms with Crippen LogP contribution in [0.15, 0.2) is 90.0 Å². The van der Waals surface area contributed by atoms with Gasteiger partial charge in [-0.15, -0.1) is 0 Å². The molecule has 27 heavy (non-hydrogen) atoms. The summed E-state index contributed by atoms with van der Waals surface area (Å²) in [6.45, 7) is 6.74. The number of benzene rings is 3. The van der Waals surface area contributed by atoms with Gasteiger partial charge in [-0.2, -0.15) is 5.10 Å². The third kappa shape index (κ3) is 3.66. The van der Waals surface area contributed by atoms with E-state index in [9.17, 15) is 0 Å². The van der Waals surface area contributed by atoms with Crippen LogP contribution in [-0.4, -0.2) is 5.71 Å². The van der Waals surface area contributed by atoms with Crippen molar-refractivity contribution in [2.45, 2.75) is 38.6 Å². The number of hydrazone groups is 1. The van der Waals surface area contributed by atoms with Gasteiger partial charge in [0.25, 0.3) is 0 Å². The minimum Gasteiger partial charge on any atom is -0.257 e. The quantitative estimate of drug-likeness (QED) is 0.536. The first kappa shape index (κ1) is 17.5. The van der Waals surface area contributed by atoms with Gasteiger partial charge in [0, 0.05) is 6.42 Å². The average molecular weight is 354 g/mol. The summed E-state index contributed by atoms with van der Waals surface area (Å²) in [5.41, 5.74) is 6.28. The lowest BCUT2D eigenvalue weighted by molar-refractivity contribution is 0.590. The lowest BCUT2D eigenvalue weighted by Crippen LogP contribution is -2.19. The van der Waals surface area contributed by atoms with Gasteiger partial charge in [0.1, 0.15) is 0 Å². The zero-order chi connectivity index (χ0) is 18.9. The minimum absolute atomic E-state index is 0.154. The highest BCUT2D eigenvalue weighted by Gasteiger charge is 2.30. The normalized spacial score (nSPS) is 17.1. The molecule has 0 bridgehead atoms. The van der Waals surface area contributed by atoms with Gasteiger partial charge in [-0.3, -0.25) is 5.01 Å². The molecule has 2 heteroatoms. The third-order valence-electron chi connectivity index (χ3n) is 5.20. The molecule has 1 atom stereocenters. The van der Waals surface area contributed by atoms with E-state index in [-0.39, 0.29) is 11.5 Å². The summed E-state index contributed by atoms with van der Waals surface area (Å²) in [4.78, 5) is 0. The van der Waals surface area contributed by atoms with Gasteiger partial charge < -0.3 is 0 Å². The smallest absolute Gasteiger partial charge is 0.0831 e. The summed E-state index contributed by atoms with van der Waals surface area (Å²) >= 11 is 0. The fourth-order valence-electron chi connectivity index (χ4n) is 3.60. The molecular formula is C25H26N2. The van der Waals surface area contributed by atoms with Crippen LogP contribution in [0.1, 0.15) is 49.9 Å². The second-order valence-corrected chi connectivity index (χ2v) is 8.18. The van der Waals surface area contributed by atoms with E-state index < -0.39 is 0 Å². The highest BCUT2D eigenvalue weighted by Crippen LogP contribution is 2.37. The Kier molecular flexibility index (Phi) is 4.57. The first-order valence-electron chi connectivity index (χ1n) is 9.60. The fraction of sp³-hybridized carbons (Fsp3) is 0.240. The SMILES string of the molecule is CC(C)(C)c1ccc(N2N=C(c3ccccc3)CC2c2ccccc2)cc1. The molecule has 0 aromatic heterocycles. The van der Waals surface area contributed by atoms with E-state index in [1.54, 1.807) is 0 Å². The molecule has 3 aromatic carbocycles. The number of hydrogen-bond acceptors (Lipinski definition) is 2. The Labute approximate surface area is 162 Å².